The van der Waals surface area contributed by atoms with Crippen LogP contribution in [0.2, 0.25) is 0 Å². The molecule has 0 saturated heterocycles. The number of carboxylic acids is 1. The summed E-state index contributed by atoms with van der Waals surface area (Å²) in [5.74, 6) is -0.745. The van der Waals surface area contributed by atoms with Crippen LogP contribution in [-0.4, -0.2) is 30.7 Å². The van der Waals surface area contributed by atoms with Gasteiger partial charge in [-0.25, -0.2) is 4.18 Å². The molecule has 0 amide bonds. The Balaban J connectivity index is 0. The van der Waals surface area contributed by atoms with Gasteiger partial charge in [-0.15, -0.1) is 0 Å². The lowest BCUT2D eigenvalue weighted by Crippen LogP contribution is -2.01. The summed E-state index contributed by atoms with van der Waals surface area (Å²) in [6, 6.07) is 0. The maximum atomic E-state index is 9.56. The molecule has 74 valence electrons. The highest BCUT2D eigenvalue weighted by Crippen LogP contribution is 1.81. The molecule has 0 aromatic carbocycles. The molecule has 0 aromatic heterocycles. The molecule has 0 radical (unpaired) electrons. The van der Waals surface area contributed by atoms with Crippen LogP contribution in [0.25, 0.3) is 0 Å². The van der Waals surface area contributed by atoms with Gasteiger partial charge >= 0.3 is 16.4 Å². The summed E-state index contributed by atoms with van der Waals surface area (Å²) >= 11 is 0. The zero-order valence-electron chi connectivity index (χ0n) is 6.85. The minimum Gasteiger partial charge on any atom is -0.481 e. The van der Waals surface area contributed by atoms with Crippen LogP contribution in [0, 0.1) is 0 Å². The Hall–Kier alpha value is -0.660. The van der Waals surface area contributed by atoms with Gasteiger partial charge in [0, 0.05) is 6.42 Å². The topological polar surface area (TPSA) is 101 Å². The normalized spacial score (nSPS) is 9.92. The number of carboxylic acid groups (broad SMARTS) is 1. The summed E-state index contributed by atoms with van der Waals surface area (Å²) < 4.78 is 30.7. The molecule has 0 rings (SSSR count). The maximum absolute atomic E-state index is 9.56. The molecule has 12 heavy (non-hydrogen) atoms. The van der Waals surface area contributed by atoms with Crippen molar-refractivity contribution in [2.24, 2.45) is 0 Å². The minimum atomic E-state index is -4.17. The van der Waals surface area contributed by atoms with Gasteiger partial charge in [-0.1, -0.05) is 6.92 Å². The van der Waals surface area contributed by atoms with Crippen molar-refractivity contribution in [3.8, 4) is 0 Å². The van der Waals surface area contributed by atoms with E-state index < -0.39 is 16.4 Å². The molecule has 7 heteroatoms. The van der Waals surface area contributed by atoms with Crippen molar-refractivity contribution in [2.45, 2.75) is 20.3 Å². The van der Waals surface area contributed by atoms with Crippen LogP contribution in [0.5, 0.6) is 0 Å². The highest BCUT2D eigenvalue weighted by atomic mass is 32.3. The van der Waals surface area contributed by atoms with Crippen LogP contribution in [0.15, 0.2) is 0 Å². The van der Waals surface area contributed by atoms with Crippen molar-refractivity contribution in [2.75, 3.05) is 6.61 Å². The first-order valence-electron chi connectivity index (χ1n) is 3.17. The van der Waals surface area contributed by atoms with E-state index in [9.17, 15) is 13.2 Å². The summed E-state index contributed by atoms with van der Waals surface area (Å²) in [7, 11) is -4.17. The lowest BCUT2D eigenvalue weighted by Gasteiger charge is -1.88. The molecule has 0 aliphatic rings. The number of aliphatic carboxylic acids is 1. The lowest BCUT2D eigenvalue weighted by atomic mass is 10.5. The van der Waals surface area contributed by atoms with Crippen LogP contribution in [0.3, 0.4) is 0 Å². The van der Waals surface area contributed by atoms with Crippen LogP contribution in [0.1, 0.15) is 20.3 Å². The molecule has 0 spiro atoms. The highest BCUT2D eigenvalue weighted by molar-refractivity contribution is 7.80. The van der Waals surface area contributed by atoms with E-state index in [4.69, 9.17) is 9.66 Å². The van der Waals surface area contributed by atoms with Gasteiger partial charge < -0.3 is 5.11 Å². The molecule has 0 saturated carbocycles. The second-order valence-electron chi connectivity index (χ2n) is 1.58. The van der Waals surface area contributed by atoms with E-state index in [1.54, 1.807) is 6.92 Å². The summed E-state index contributed by atoms with van der Waals surface area (Å²) in [6.07, 6.45) is 0.222. The largest absolute Gasteiger partial charge is 0.481 e. The van der Waals surface area contributed by atoms with E-state index in [0.29, 0.717) is 0 Å². The van der Waals surface area contributed by atoms with E-state index >= 15 is 0 Å². The van der Waals surface area contributed by atoms with Crippen LogP contribution < -0.4 is 0 Å². The molecule has 0 fully saturated rings. The molecule has 0 unspecified atom stereocenters. The molecule has 2 N–H and O–H groups in total. The lowest BCUT2D eigenvalue weighted by molar-refractivity contribution is -0.136. The van der Waals surface area contributed by atoms with Crippen molar-refractivity contribution >= 4 is 16.4 Å². The summed E-state index contributed by atoms with van der Waals surface area (Å²) in [5, 5.41) is 7.72. The second-order valence-corrected chi connectivity index (χ2v) is 2.67. The predicted octanol–water partition coefficient (Wildman–Crippen LogP) is 0.307. The molecule has 0 aromatic rings. The van der Waals surface area contributed by atoms with E-state index in [1.807, 2.05) is 0 Å². The summed E-state index contributed by atoms with van der Waals surface area (Å²) in [4.78, 5) is 9.37. The third-order valence-electron chi connectivity index (χ3n) is 0.569. The van der Waals surface area contributed by atoms with Gasteiger partial charge in [0.1, 0.15) is 0 Å². The standard InChI is InChI=1S/C3H6O2.C2H6O4S/c1-2-3(4)5;1-2-6-7(3,4)5/h2H2,1H3,(H,4,5);2H2,1H3,(H,3,4,5). The zero-order chi connectivity index (χ0) is 10.2. The SMILES string of the molecule is CCC(=O)O.CCOS(=O)(=O)O. The first-order valence-corrected chi connectivity index (χ1v) is 4.53. The van der Waals surface area contributed by atoms with Gasteiger partial charge in [0.05, 0.1) is 6.61 Å². The van der Waals surface area contributed by atoms with Crippen LogP contribution >= 0.6 is 0 Å². The van der Waals surface area contributed by atoms with Gasteiger partial charge in [0.15, 0.2) is 0 Å². The van der Waals surface area contributed by atoms with E-state index in [-0.39, 0.29) is 13.0 Å². The Kier molecular flexibility index (Phi) is 8.12. The fraction of sp³-hybridized carbons (Fsp3) is 0.800. The molecular formula is C5H12O6S. The summed E-state index contributed by atoms with van der Waals surface area (Å²) in [5.41, 5.74) is 0. The monoisotopic (exact) mass is 200 g/mol. The molecule has 0 aliphatic heterocycles. The summed E-state index contributed by atoms with van der Waals surface area (Å²) in [6.45, 7) is 3.04. The third-order valence-corrected chi connectivity index (χ3v) is 1.10. The van der Waals surface area contributed by atoms with Crippen molar-refractivity contribution in [1.29, 1.82) is 0 Å². The molecule has 0 heterocycles. The molecule has 6 nitrogen and oxygen atoms in total. The number of hydrogen-bond acceptors (Lipinski definition) is 4. The van der Waals surface area contributed by atoms with Crippen molar-refractivity contribution < 1.29 is 27.1 Å². The van der Waals surface area contributed by atoms with Crippen molar-refractivity contribution in [3.05, 3.63) is 0 Å². The average molecular weight is 200 g/mol. The average Bonchev–Trinajstić information content (AvgIpc) is 1.86. The van der Waals surface area contributed by atoms with Crippen molar-refractivity contribution in [1.82, 2.24) is 0 Å². The highest BCUT2D eigenvalue weighted by Gasteiger charge is 1.98. The maximum Gasteiger partial charge on any atom is 0.397 e. The molecule has 0 bridgehead atoms. The van der Waals surface area contributed by atoms with E-state index in [2.05, 4.69) is 4.18 Å². The Labute approximate surface area is 71.1 Å². The fourth-order valence-electron chi connectivity index (χ4n) is 0.149. The molecule has 0 aliphatic carbocycles. The van der Waals surface area contributed by atoms with Gasteiger partial charge in [-0.3, -0.25) is 9.35 Å². The Morgan fingerprint density at radius 3 is 1.75 bits per heavy atom. The van der Waals surface area contributed by atoms with E-state index in [1.165, 1.54) is 6.92 Å². The fourth-order valence-corrected chi connectivity index (χ4v) is 0.447. The third kappa shape index (κ3) is 22.8. The first kappa shape index (κ1) is 13.9. The quantitative estimate of drug-likeness (QED) is 0.635. The van der Waals surface area contributed by atoms with Gasteiger partial charge in [-0.05, 0) is 6.92 Å². The Bertz CT molecular complexity index is 206. The van der Waals surface area contributed by atoms with Gasteiger partial charge in [0.25, 0.3) is 0 Å². The zero-order valence-corrected chi connectivity index (χ0v) is 7.67. The smallest absolute Gasteiger partial charge is 0.397 e. The van der Waals surface area contributed by atoms with Crippen molar-refractivity contribution in [3.63, 3.8) is 0 Å². The molecule has 0 atom stereocenters. The minimum absolute atomic E-state index is 0.0289. The Morgan fingerprint density at radius 2 is 1.75 bits per heavy atom. The van der Waals surface area contributed by atoms with E-state index in [0.717, 1.165) is 0 Å². The van der Waals surface area contributed by atoms with Crippen LogP contribution in [0.4, 0.5) is 0 Å². The molecular weight excluding hydrogens is 188 g/mol. The number of rotatable bonds is 3. The number of hydrogen-bond donors (Lipinski definition) is 2. The second kappa shape index (κ2) is 7.01. The predicted molar refractivity (Wildman–Crippen MR) is 41.1 cm³/mol. The Morgan fingerprint density at radius 1 is 1.42 bits per heavy atom. The number of carbonyl (C=O) groups is 1. The first-order chi connectivity index (χ1) is 5.33. The van der Waals surface area contributed by atoms with Gasteiger partial charge in [0.2, 0.25) is 0 Å². The van der Waals surface area contributed by atoms with Crippen LogP contribution in [-0.2, 0) is 19.4 Å². The van der Waals surface area contributed by atoms with Gasteiger partial charge in [-0.2, -0.15) is 8.42 Å².